The molecule has 2 aromatic carbocycles. The molecular formula is C22H14N4O. The van der Waals surface area contributed by atoms with E-state index < -0.39 is 0 Å². The molecule has 0 unspecified atom stereocenters. The number of benzene rings is 2. The predicted octanol–water partition coefficient (Wildman–Crippen LogP) is 4.78. The molecule has 0 saturated heterocycles. The Morgan fingerprint density at radius 2 is 1.85 bits per heavy atom. The lowest BCUT2D eigenvalue weighted by Crippen LogP contribution is -1.98. The van der Waals surface area contributed by atoms with Crippen molar-refractivity contribution in [3.8, 4) is 23.5 Å². The lowest BCUT2D eigenvalue weighted by atomic mass is 10.1. The molecule has 2 heterocycles. The minimum absolute atomic E-state index is 0.405. The molecule has 0 amide bonds. The monoisotopic (exact) mass is 350 g/mol. The van der Waals surface area contributed by atoms with E-state index in [0.29, 0.717) is 29.2 Å². The van der Waals surface area contributed by atoms with E-state index >= 15 is 0 Å². The van der Waals surface area contributed by atoms with Gasteiger partial charge in [-0.25, -0.2) is 4.98 Å². The van der Waals surface area contributed by atoms with Crippen molar-refractivity contribution < 1.29 is 4.42 Å². The maximum atomic E-state index is 9.53. The minimum Gasteiger partial charge on any atom is -0.457 e. The summed E-state index contributed by atoms with van der Waals surface area (Å²) in [7, 11) is 0. The molecule has 128 valence electrons. The minimum atomic E-state index is 0.405. The van der Waals surface area contributed by atoms with Crippen molar-refractivity contribution in [2.45, 2.75) is 6.54 Å². The number of imidazole rings is 1. The van der Waals surface area contributed by atoms with Crippen LogP contribution in [-0.2, 0) is 6.54 Å². The largest absolute Gasteiger partial charge is 0.457 e. The predicted molar refractivity (Wildman–Crippen MR) is 102 cm³/mol. The van der Waals surface area contributed by atoms with Gasteiger partial charge < -0.3 is 8.98 Å². The van der Waals surface area contributed by atoms with Gasteiger partial charge in [0.2, 0.25) is 0 Å². The molecule has 5 nitrogen and oxygen atoms in total. The van der Waals surface area contributed by atoms with Crippen LogP contribution in [-0.4, -0.2) is 9.55 Å². The van der Waals surface area contributed by atoms with Crippen molar-refractivity contribution in [1.29, 1.82) is 10.5 Å². The highest BCUT2D eigenvalue weighted by Crippen LogP contribution is 2.26. The Hall–Kier alpha value is -4.09. The number of hydrogen-bond acceptors (Lipinski definition) is 4. The van der Waals surface area contributed by atoms with Gasteiger partial charge >= 0.3 is 0 Å². The number of fused-ring (bicyclic) bond motifs is 1. The van der Waals surface area contributed by atoms with Gasteiger partial charge in [-0.3, -0.25) is 0 Å². The first-order valence-electron chi connectivity index (χ1n) is 8.38. The Labute approximate surface area is 156 Å². The third-order valence-corrected chi connectivity index (χ3v) is 4.27. The van der Waals surface area contributed by atoms with Gasteiger partial charge in [0, 0.05) is 5.56 Å². The fourth-order valence-corrected chi connectivity index (χ4v) is 2.98. The molecule has 0 aliphatic heterocycles. The summed E-state index contributed by atoms with van der Waals surface area (Å²) in [5.41, 5.74) is 3.70. The van der Waals surface area contributed by atoms with Crippen LogP contribution in [0.1, 0.15) is 11.3 Å². The first kappa shape index (κ1) is 16.4. The second kappa shape index (κ2) is 7.03. The van der Waals surface area contributed by atoms with Crippen LogP contribution in [0.25, 0.3) is 28.4 Å². The van der Waals surface area contributed by atoms with Crippen molar-refractivity contribution in [3.05, 3.63) is 83.9 Å². The molecule has 0 bridgehead atoms. The Kier molecular flexibility index (Phi) is 4.27. The lowest BCUT2D eigenvalue weighted by Gasteiger charge is -2.02. The molecule has 5 heteroatoms. The third kappa shape index (κ3) is 3.22. The Morgan fingerprint density at radius 3 is 2.70 bits per heavy atom. The molecule has 4 rings (SSSR count). The summed E-state index contributed by atoms with van der Waals surface area (Å²) >= 11 is 0. The van der Waals surface area contributed by atoms with Gasteiger partial charge in [0.05, 0.1) is 47.2 Å². The molecule has 2 aromatic heterocycles. The normalized spacial score (nSPS) is 11.3. The summed E-state index contributed by atoms with van der Waals surface area (Å²) in [6.45, 7) is 0.405. The Morgan fingerprint density at radius 1 is 1.04 bits per heavy atom. The highest BCUT2D eigenvalue weighted by molar-refractivity contribution is 5.75. The number of rotatable bonds is 4. The third-order valence-electron chi connectivity index (χ3n) is 4.27. The van der Waals surface area contributed by atoms with Crippen molar-refractivity contribution in [2.24, 2.45) is 0 Å². The number of para-hydroxylation sites is 2. The Bertz CT molecular complexity index is 1230. The quantitative estimate of drug-likeness (QED) is 0.496. The van der Waals surface area contributed by atoms with Gasteiger partial charge in [0.15, 0.2) is 0 Å². The topological polar surface area (TPSA) is 78.5 Å². The molecule has 0 radical (unpaired) electrons. The SMILES string of the molecule is N#C/C(=C/c1ccc(-c2ccccc2C#N)o1)Cn1cnc2ccccc21. The molecule has 0 spiro atoms. The highest BCUT2D eigenvalue weighted by Gasteiger charge is 2.10. The Balaban J connectivity index is 1.64. The average molecular weight is 350 g/mol. The molecule has 0 atom stereocenters. The summed E-state index contributed by atoms with van der Waals surface area (Å²) in [4.78, 5) is 4.35. The molecule has 0 N–H and O–H groups in total. The summed E-state index contributed by atoms with van der Waals surface area (Å²) in [5.74, 6) is 1.17. The fraction of sp³-hybridized carbons (Fsp3) is 0.0455. The van der Waals surface area contributed by atoms with Gasteiger partial charge in [0.1, 0.15) is 11.5 Å². The maximum absolute atomic E-state index is 9.53. The van der Waals surface area contributed by atoms with Crippen molar-refractivity contribution in [1.82, 2.24) is 9.55 Å². The van der Waals surface area contributed by atoms with E-state index in [-0.39, 0.29) is 0 Å². The first-order valence-corrected chi connectivity index (χ1v) is 8.38. The smallest absolute Gasteiger partial charge is 0.136 e. The highest BCUT2D eigenvalue weighted by atomic mass is 16.3. The van der Waals surface area contributed by atoms with Crippen LogP contribution in [0, 0.1) is 22.7 Å². The zero-order valence-corrected chi connectivity index (χ0v) is 14.3. The zero-order valence-electron chi connectivity index (χ0n) is 14.3. The lowest BCUT2D eigenvalue weighted by molar-refractivity contribution is 0.571. The zero-order chi connectivity index (χ0) is 18.6. The van der Waals surface area contributed by atoms with E-state index in [9.17, 15) is 10.5 Å². The number of furan rings is 1. The number of allylic oxidation sites excluding steroid dienone is 1. The van der Waals surface area contributed by atoms with Gasteiger partial charge in [-0.05, 0) is 42.5 Å². The van der Waals surface area contributed by atoms with Gasteiger partial charge in [-0.1, -0.05) is 24.3 Å². The van der Waals surface area contributed by atoms with Crippen LogP contribution in [0.4, 0.5) is 0 Å². The summed E-state index contributed by atoms with van der Waals surface area (Å²) < 4.78 is 7.78. The summed E-state index contributed by atoms with van der Waals surface area (Å²) in [5, 5.41) is 18.8. The van der Waals surface area contributed by atoms with Crippen LogP contribution in [0.3, 0.4) is 0 Å². The van der Waals surface area contributed by atoms with E-state index in [2.05, 4.69) is 17.1 Å². The van der Waals surface area contributed by atoms with Gasteiger partial charge in [0.25, 0.3) is 0 Å². The van der Waals surface area contributed by atoms with Crippen LogP contribution in [0.15, 0.2) is 77.0 Å². The van der Waals surface area contributed by atoms with E-state index in [1.807, 2.05) is 53.1 Å². The molecular weight excluding hydrogens is 336 g/mol. The van der Waals surface area contributed by atoms with Crippen LogP contribution in [0.5, 0.6) is 0 Å². The van der Waals surface area contributed by atoms with Crippen molar-refractivity contribution in [3.63, 3.8) is 0 Å². The number of nitrogens with zero attached hydrogens (tertiary/aromatic N) is 4. The first-order chi connectivity index (χ1) is 13.3. The number of aromatic nitrogens is 2. The maximum Gasteiger partial charge on any atom is 0.136 e. The molecule has 0 fully saturated rings. The van der Waals surface area contributed by atoms with E-state index in [1.54, 1.807) is 24.5 Å². The van der Waals surface area contributed by atoms with E-state index in [4.69, 9.17) is 4.42 Å². The van der Waals surface area contributed by atoms with Crippen LogP contribution >= 0.6 is 0 Å². The molecule has 4 aromatic rings. The standard InChI is InChI=1S/C22H14N4O/c23-12-16(14-26-15-25-20-7-3-4-8-21(20)26)11-18-9-10-22(27-18)19-6-2-1-5-17(19)13-24/h1-11,15H,14H2/b16-11-. The van der Waals surface area contributed by atoms with Crippen molar-refractivity contribution in [2.75, 3.05) is 0 Å². The molecule has 27 heavy (non-hydrogen) atoms. The summed E-state index contributed by atoms with van der Waals surface area (Å²) in [6.07, 6.45) is 3.44. The molecule has 0 aliphatic carbocycles. The van der Waals surface area contributed by atoms with Gasteiger partial charge in [-0.2, -0.15) is 10.5 Å². The number of nitriles is 2. The van der Waals surface area contributed by atoms with E-state index in [0.717, 1.165) is 16.6 Å². The second-order valence-electron chi connectivity index (χ2n) is 6.00. The van der Waals surface area contributed by atoms with Crippen LogP contribution < -0.4 is 0 Å². The van der Waals surface area contributed by atoms with E-state index in [1.165, 1.54) is 0 Å². The van der Waals surface area contributed by atoms with Crippen molar-refractivity contribution >= 4 is 17.1 Å². The second-order valence-corrected chi connectivity index (χ2v) is 6.00. The fourth-order valence-electron chi connectivity index (χ4n) is 2.98. The average Bonchev–Trinajstić information content (AvgIpc) is 3.35. The molecule has 0 aliphatic rings. The summed E-state index contributed by atoms with van der Waals surface area (Å²) in [6, 6.07) is 23.1. The van der Waals surface area contributed by atoms with Crippen LogP contribution in [0.2, 0.25) is 0 Å². The number of hydrogen-bond donors (Lipinski definition) is 0. The molecule has 0 saturated carbocycles. The van der Waals surface area contributed by atoms with Gasteiger partial charge in [-0.15, -0.1) is 0 Å².